The zero-order chi connectivity index (χ0) is 25.5. The first kappa shape index (κ1) is 28.4. The van der Waals surface area contributed by atoms with Gasteiger partial charge in [-0.3, -0.25) is 10.3 Å². The molecule has 2 aliphatic rings. The van der Waals surface area contributed by atoms with Crippen molar-refractivity contribution in [2.24, 2.45) is 10.3 Å². The third-order valence-electron chi connectivity index (χ3n) is 5.55. The van der Waals surface area contributed by atoms with E-state index in [-0.39, 0.29) is 11.4 Å². The molecule has 35 heavy (non-hydrogen) atoms. The van der Waals surface area contributed by atoms with E-state index in [1.807, 2.05) is 19.9 Å². The number of rotatable bonds is 11. The Morgan fingerprint density at radius 2 is 1.89 bits per heavy atom. The highest BCUT2D eigenvalue weighted by Crippen LogP contribution is 2.21. The zero-order valence-electron chi connectivity index (χ0n) is 21.7. The molecule has 0 radical (unpaired) electrons. The monoisotopic (exact) mass is 490 g/mol. The van der Waals surface area contributed by atoms with E-state index in [1.165, 1.54) is 0 Å². The van der Waals surface area contributed by atoms with Gasteiger partial charge >= 0.3 is 6.01 Å². The molecule has 1 saturated carbocycles. The number of ether oxygens (including phenoxy) is 2. The fraction of sp³-hybridized carbons (Fsp3) is 0.708. The van der Waals surface area contributed by atoms with Crippen molar-refractivity contribution in [3.63, 3.8) is 0 Å². The quantitative estimate of drug-likeness (QED) is 0.316. The second kappa shape index (κ2) is 16.0. The Kier molecular flexibility index (Phi) is 13.0. The van der Waals surface area contributed by atoms with Crippen LogP contribution in [0.15, 0.2) is 16.3 Å². The van der Waals surface area contributed by atoms with Crippen molar-refractivity contribution < 1.29 is 14.7 Å². The van der Waals surface area contributed by atoms with Crippen LogP contribution in [0.25, 0.3) is 0 Å². The van der Waals surface area contributed by atoms with Gasteiger partial charge in [-0.2, -0.15) is 15.1 Å². The van der Waals surface area contributed by atoms with Crippen LogP contribution >= 0.6 is 0 Å². The first-order valence-electron chi connectivity index (χ1n) is 12.8. The van der Waals surface area contributed by atoms with Gasteiger partial charge in [0.1, 0.15) is 18.1 Å². The number of nitrogens with zero attached hydrogens (tertiary/aromatic N) is 6. The lowest BCUT2D eigenvalue weighted by Crippen LogP contribution is -2.38. The number of hydrogen-bond acceptors (Lipinski definition) is 11. The fourth-order valence-corrected chi connectivity index (χ4v) is 3.86. The van der Waals surface area contributed by atoms with Crippen LogP contribution in [0.5, 0.6) is 6.01 Å². The van der Waals surface area contributed by atoms with Crippen LogP contribution in [-0.4, -0.2) is 89.8 Å². The van der Waals surface area contributed by atoms with Crippen molar-refractivity contribution in [1.82, 2.24) is 14.9 Å². The number of hydrogen-bond donors (Lipinski definition) is 3. The van der Waals surface area contributed by atoms with Crippen LogP contribution in [0.1, 0.15) is 59.8 Å². The summed E-state index contributed by atoms with van der Waals surface area (Å²) in [4.78, 5) is 13.7. The molecular weight excluding hydrogens is 448 g/mol. The number of hydrazone groups is 1. The molecule has 3 N–H and O–H groups in total. The normalized spacial score (nSPS) is 18.8. The van der Waals surface area contributed by atoms with Gasteiger partial charge in [0.25, 0.3) is 0 Å². The third kappa shape index (κ3) is 9.06. The molecule has 11 nitrogen and oxygen atoms in total. The zero-order valence-corrected chi connectivity index (χ0v) is 21.7. The van der Waals surface area contributed by atoms with Crippen LogP contribution in [0.4, 0.5) is 11.6 Å². The lowest BCUT2D eigenvalue weighted by molar-refractivity contribution is 0.0317. The molecule has 1 aromatic rings. The molecule has 1 aromatic heterocycles. The minimum atomic E-state index is 0.226. The van der Waals surface area contributed by atoms with Crippen LogP contribution in [-0.2, 0) is 4.74 Å². The van der Waals surface area contributed by atoms with Gasteiger partial charge in [-0.15, -0.1) is 0 Å². The summed E-state index contributed by atoms with van der Waals surface area (Å²) in [6.45, 7) is 14.6. The molecule has 1 saturated heterocycles. The maximum absolute atomic E-state index is 9.29. The Balaban J connectivity index is 0.00000210. The van der Waals surface area contributed by atoms with Crippen molar-refractivity contribution in [2.75, 3.05) is 62.9 Å². The number of oxime groups is 1. The highest BCUT2D eigenvalue weighted by Gasteiger charge is 2.21. The highest BCUT2D eigenvalue weighted by molar-refractivity contribution is 6.68. The van der Waals surface area contributed by atoms with Crippen LogP contribution in [0, 0.1) is 5.41 Å². The van der Waals surface area contributed by atoms with Crippen molar-refractivity contribution in [3.05, 3.63) is 6.07 Å². The molecule has 0 aromatic carbocycles. The Hall–Kier alpha value is -2.79. The third-order valence-corrected chi connectivity index (χ3v) is 5.55. The summed E-state index contributed by atoms with van der Waals surface area (Å²) in [7, 11) is 0. The average Bonchev–Trinajstić information content (AvgIpc) is 2.89. The van der Waals surface area contributed by atoms with Gasteiger partial charge in [0, 0.05) is 38.8 Å². The summed E-state index contributed by atoms with van der Waals surface area (Å²) in [5.41, 5.74) is 4.03. The SMILES string of the molecule is CC.CCCN(CCC)c1cc(N/N=C2\CCCC(=N)\C2=N/O)nc(OCCN2CCOCC2)n1. The molecule has 0 atom stereocenters. The molecule has 0 amide bonds. The van der Waals surface area contributed by atoms with E-state index >= 15 is 0 Å². The maximum Gasteiger partial charge on any atom is 0.320 e. The lowest BCUT2D eigenvalue weighted by Gasteiger charge is -2.26. The number of morpholine rings is 1. The average molecular weight is 491 g/mol. The Morgan fingerprint density at radius 1 is 1.17 bits per heavy atom. The second-order valence-corrected chi connectivity index (χ2v) is 8.13. The number of nitrogens with one attached hydrogen (secondary N) is 2. The summed E-state index contributed by atoms with van der Waals surface area (Å²) in [6.07, 6.45) is 4.01. The lowest BCUT2D eigenvalue weighted by atomic mass is 9.94. The molecule has 11 heteroatoms. The van der Waals surface area contributed by atoms with E-state index in [2.05, 4.69) is 49.3 Å². The minimum absolute atomic E-state index is 0.226. The van der Waals surface area contributed by atoms with Gasteiger partial charge in [0.2, 0.25) is 0 Å². The fourth-order valence-electron chi connectivity index (χ4n) is 3.86. The molecule has 2 heterocycles. The van der Waals surface area contributed by atoms with E-state index < -0.39 is 0 Å². The molecular formula is C24H42N8O3. The predicted octanol–water partition coefficient (Wildman–Crippen LogP) is 3.64. The van der Waals surface area contributed by atoms with Gasteiger partial charge < -0.3 is 25.0 Å². The predicted molar refractivity (Wildman–Crippen MR) is 141 cm³/mol. The maximum atomic E-state index is 9.29. The Morgan fingerprint density at radius 3 is 2.54 bits per heavy atom. The van der Waals surface area contributed by atoms with Crippen LogP contribution in [0.2, 0.25) is 0 Å². The molecule has 0 unspecified atom stereocenters. The molecule has 196 valence electrons. The van der Waals surface area contributed by atoms with Crippen LogP contribution in [0.3, 0.4) is 0 Å². The summed E-state index contributed by atoms with van der Waals surface area (Å²) in [5, 5.41) is 24.9. The van der Waals surface area contributed by atoms with E-state index in [9.17, 15) is 5.21 Å². The van der Waals surface area contributed by atoms with Crippen molar-refractivity contribution in [2.45, 2.75) is 59.8 Å². The number of anilines is 2. The van der Waals surface area contributed by atoms with Crippen molar-refractivity contribution in [1.29, 1.82) is 5.41 Å². The van der Waals surface area contributed by atoms with Gasteiger partial charge in [-0.05, 0) is 32.1 Å². The highest BCUT2D eigenvalue weighted by atomic mass is 16.5. The standard InChI is InChI=1S/C22H36N8O3.C2H6/c1-3-8-30(9-4-2)20-16-19(27-26-18-7-5-6-17(23)21(18)28-31)24-22(25-20)33-15-12-29-10-13-32-14-11-29;1-2/h16,23,31H,3-15H2,1-2H3,(H,24,25,27);1-2H3/b23-17?,26-18+,28-21+;. The van der Waals surface area contributed by atoms with Crippen molar-refractivity contribution >= 4 is 28.8 Å². The Labute approximate surface area is 209 Å². The van der Waals surface area contributed by atoms with Gasteiger partial charge in [-0.25, -0.2) is 0 Å². The summed E-state index contributed by atoms with van der Waals surface area (Å²) < 4.78 is 11.3. The van der Waals surface area contributed by atoms with E-state index in [0.29, 0.717) is 37.0 Å². The molecule has 0 spiro atoms. The van der Waals surface area contributed by atoms with E-state index in [0.717, 1.165) is 71.0 Å². The van der Waals surface area contributed by atoms with Crippen molar-refractivity contribution in [3.8, 4) is 6.01 Å². The second-order valence-electron chi connectivity index (χ2n) is 8.13. The number of aromatic nitrogens is 2. The smallest absolute Gasteiger partial charge is 0.320 e. The molecule has 0 bridgehead atoms. The largest absolute Gasteiger partial charge is 0.462 e. The molecule has 1 aliphatic carbocycles. The van der Waals surface area contributed by atoms with E-state index in [4.69, 9.17) is 14.9 Å². The molecule has 2 fully saturated rings. The Bertz CT molecular complexity index is 834. The minimum Gasteiger partial charge on any atom is -0.462 e. The first-order chi connectivity index (χ1) is 17.1. The van der Waals surface area contributed by atoms with Gasteiger partial charge in [0.15, 0.2) is 5.82 Å². The first-order valence-corrected chi connectivity index (χ1v) is 12.8. The summed E-state index contributed by atoms with van der Waals surface area (Å²) >= 11 is 0. The van der Waals surface area contributed by atoms with Crippen LogP contribution < -0.4 is 15.1 Å². The van der Waals surface area contributed by atoms with E-state index in [1.54, 1.807) is 0 Å². The summed E-state index contributed by atoms with van der Waals surface area (Å²) in [6, 6.07) is 2.15. The topological polar surface area (TPSA) is 132 Å². The molecule has 3 rings (SSSR count). The summed E-state index contributed by atoms with van der Waals surface area (Å²) in [5.74, 6) is 1.28. The van der Waals surface area contributed by atoms with Gasteiger partial charge in [0.05, 0.1) is 24.6 Å². The molecule has 1 aliphatic heterocycles. The van der Waals surface area contributed by atoms with Gasteiger partial charge in [-0.1, -0.05) is 32.9 Å².